The Morgan fingerprint density at radius 2 is 1.72 bits per heavy atom. The minimum atomic E-state index is -1.26. The van der Waals surface area contributed by atoms with Gasteiger partial charge in [0.2, 0.25) is 0 Å². The van der Waals surface area contributed by atoms with Crippen LogP contribution in [-0.2, 0) is 38.0 Å². The summed E-state index contributed by atoms with van der Waals surface area (Å²) in [5, 5.41) is 11.4. The minimum absolute atomic E-state index is 0.0644. The first-order chi connectivity index (χ1) is 20.0. The number of nitrogens with zero attached hydrogens (tertiary/aromatic N) is 1. The van der Waals surface area contributed by atoms with E-state index in [0.717, 1.165) is 5.57 Å². The second-order valence-corrected chi connectivity index (χ2v) is 14.3. The summed E-state index contributed by atoms with van der Waals surface area (Å²) in [5.41, 5.74) is -1.47. The van der Waals surface area contributed by atoms with E-state index in [2.05, 4.69) is 13.5 Å². The number of hydrogen-bond acceptors (Lipinski definition) is 10. The smallest absolute Gasteiger partial charge is 0.311 e. The van der Waals surface area contributed by atoms with Crippen LogP contribution < -0.4 is 0 Å². The van der Waals surface area contributed by atoms with E-state index in [1.54, 1.807) is 13.8 Å². The van der Waals surface area contributed by atoms with Crippen LogP contribution in [0.3, 0.4) is 0 Å². The molecule has 0 amide bonds. The monoisotopic (exact) mass is 609 g/mol. The van der Waals surface area contributed by atoms with Crippen molar-refractivity contribution in [3.05, 3.63) is 12.2 Å². The van der Waals surface area contributed by atoms with Crippen LogP contribution in [0.1, 0.15) is 74.7 Å². The number of aliphatic hydroxyl groups excluding tert-OH is 1. The summed E-state index contributed by atoms with van der Waals surface area (Å²) in [6.07, 6.45) is -2.87. The number of ether oxygens (including phenoxy) is 6. The Labute approximate surface area is 257 Å². The molecule has 1 N–H and O–H groups in total. The third-order valence-electron chi connectivity index (χ3n) is 10.4. The molecule has 0 aromatic heterocycles. The molecule has 4 bridgehead atoms. The molecule has 0 aromatic rings. The number of likely N-dealkylation sites (N-methyl/N-ethyl adjacent to an activating group) is 1. The summed E-state index contributed by atoms with van der Waals surface area (Å²) in [5.74, 6) is -2.15. The second kappa shape index (κ2) is 13.1. The molecule has 4 aliphatic heterocycles. The molecule has 14 atom stereocenters. The first-order valence-electron chi connectivity index (χ1n) is 16.0. The molecule has 4 heterocycles. The SMILES string of the molecule is C=C1CO[C@H]2[C@@H](C)[C@@H](O[C@@H]3O[C@H](C)C[C@H](N(C)C)[C@H]3O)[C@@](C)(C[C@@H](C)C3OC(C)(C(=O)C3C)[C@@H](CC)OC(=O)[C@@H]2C)OC1. The lowest BCUT2D eigenvalue weighted by Gasteiger charge is -2.48. The quantitative estimate of drug-likeness (QED) is 0.375. The molecule has 0 spiro atoms. The Balaban J connectivity index is 1.83. The fourth-order valence-corrected chi connectivity index (χ4v) is 7.94. The summed E-state index contributed by atoms with van der Waals surface area (Å²) in [6.45, 7) is 20.0. The topological polar surface area (TPSA) is 113 Å². The number of rotatable bonds is 4. The van der Waals surface area contributed by atoms with Crippen molar-refractivity contribution in [2.45, 2.75) is 135 Å². The molecule has 0 aromatic carbocycles. The Kier molecular flexibility index (Phi) is 10.5. The molecular formula is C33H55NO9. The highest BCUT2D eigenvalue weighted by atomic mass is 16.7. The van der Waals surface area contributed by atoms with Crippen molar-refractivity contribution in [1.29, 1.82) is 0 Å². The summed E-state index contributed by atoms with van der Waals surface area (Å²) in [4.78, 5) is 29.5. The van der Waals surface area contributed by atoms with Gasteiger partial charge in [0.25, 0.3) is 0 Å². The lowest BCUT2D eigenvalue weighted by Crippen LogP contribution is -2.59. The number of cyclic esters (lactones) is 1. The summed E-state index contributed by atoms with van der Waals surface area (Å²) < 4.78 is 38.9. The van der Waals surface area contributed by atoms with Crippen molar-refractivity contribution in [1.82, 2.24) is 4.90 Å². The molecule has 0 aliphatic carbocycles. The molecule has 0 radical (unpaired) electrons. The molecule has 10 heteroatoms. The highest BCUT2D eigenvalue weighted by molar-refractivity contribution is 5.92. The number of carbonyl (C=O) groups excluding carboxylic acids is 2. The van der Waals surface area contributed by atoms with Gasteiger partial charge in [-0.3, -0.25) is 9.59 Å². The van der Waals surface area contributed by atoms with Gasteiger partial charge in [-0.1, -0.05) is 34.3 Å². The number of esters is 1. The molecule has 4 saturated heterocycles. The van der Waals surface area contributed by atoms with Crippen molar-refractivity contribution >= 4 is 11.8 Å². The number of ketones is 1. The first-order valence-corrected chi connectivity index (χ1v) is 16.0. The van der Waals surface area contributed by atoms with Crippen LogP contribution in [-0.4, -0.2) is 109 Å². The van der Waals surface area contributed by atoms with Crippen LogP contribution in [0.4, 0.5) is 0 Å². The lowest BCUT2D eigenvalue weighted by atomic mass is 9.75. The number of hydrogen-bond donors (Lipinski definition) is 1. The Bertz CT molecular complexity index is 1040. The zero-order valence-electron chi connectivity index (χ0n) is 27.8. The van der Waals surface area contributed by atoms with Gasteiger partial charge in [-0.25, -0.2) is 0 Å². The number of carbonyl (C=O) groups is 2. The normalized spacial score (nSPS) is 48.5. The average Bonchev–Trinajstić information content (AvgIpc) is 3.20. The van der Waals surface area contributed by atoms with Crippen LogP contribution in [0, 0.1) is 23.7 Å². The maximum absolute atomic E-state index is 13.8. The highest BCUT2D eigenvalue weighted by Crippen LogP contribution is 2.45. The molecule has 4 fully saturated rings. The second-order valence-electron chi connectivity index (χ2n) is 14.3. The van der Waals surface area contributed by atoms with Crippen LogP contribution in [0.5, 0.6) is 0 Å². The zero-order chi connectivity index (χ0) is 32.0. The van der Waals surface area contributed by atoms with Crippen molar-refractivity contribution in [3.63, 3.8) is 0 Å². The van der Waals surface area contributed by atoms with Gasteiger partial charge >= 0.3 is 5.97 Å². The van der Waals surface area contributed by atoms with E-state index >= 15 is 0 Å². The van der Waals surface area contributed by atoms with Crippen molar-refractivity contribution < 1.29 is 43.1 Å². The predicted octanol–water partition coefficient (Wildman–Crippen LogP) is 3.52. The molecule has 3 unspecified atom stereocenters. The molecule has 43 heavy (non-hydrogen) atoms. The van der Waals surface area contributed by atoms with Gasteiger partial charge in [0, 0.05) is 17.9 Å². The van der Waals surface area contributed by atoms with Gasteiger partial charge in [0.05, 0.1) is 49.1 Å². The number of aliphatic hydroxyl groups is 1. The largest absolute Gasteiger partial charge is 0.459 e. The summed E-state index contributed by atoms with van der Waals surface area (Å²) in [6, 6.07) is -0.163. The predicted molar refractivity (Wildman–Crippen MR) is 160 cm³/mol. The standard InChI is InChI=1S/C33H55NO9/c1-12-24-33(9)28(36)20(5)26(43-33)18(3)14-32(8)29(42-31-25(35)23(34(10)11)13-19(4)40-31)21(6)27(22(7)30(37)41-24)38-15-17(2)16-39-32/h18-27,29,31,35H,2,12-16H2,1,3-11H3/t18-,19-,20?,21-,22-,23+,24-,25-,26?,27+,29-,31+,32-,33?/m1/s1. The molecule has 4 aliphatic rings. The minimum Gasteiger partial charge on any atom is -0.459 e. The Morgan fingerprint density at radius 1 is 1.05 bits per heavy atom. The van der Waals surface area contributed by atoms with Crippen molar-refractivity contribution in [2.24, 2.45) is 23.7 Å². The van der Waals surface area contributed by atoms with E-state index < -0.39 is 65.8 Å². The summed E-state index contributed by atoms with van der Waals surface area (Å²) >= 11 is 0. The first kappa shape index (κ1) is 34.5. The highest BCUT2D eigenvalue weighted by Gasteiger charge is 2.58. The third kappa shape index (κ3) is 6.62. The van der Waals surface area contributed by atoms with Gasteiger partial charge in [0.1, 0.15) is 12.2 Å². The third-order valence-corrected chi connectivity index (χ3v) is 10.4. The number of fused-ring (bicyclic) bond motifs is 5. The van der Waals surface area contributed by atoms with E-state index in [1.807, 2.05) is 53.6 Å². The van der Waals surface area contributed by atoms with E-state index in [0.29, 0.717) is 19.3 Å². The van der Waals surface area contributed by atoms with Crippen LogP contribution >= 0.6 is 0 Å². The Morgan fingerprint density at radius 3 is 2.35 bits per heavy atom. The molecule has 0 saturated carbocycles. The van der Waals surface area contributed by atoms with E-state index in [9.17, 15) is 14.7 Å². The lowest BCUT2D eigenvalue weighted by molar-refractivity contribution is -0.303. The van der Waals surface area contributed by atoms with Gasteiger partial charge < -0.3 is 38.4 Å². The fourth-order valence-electron chi connectivity index (χ4n) is 7.94. The van der Waals surface area contributed by atoms with Gasteiger partial charge in [-0.15, -0.1) is 0 Å². The molecule has 246 valence electrons. The van der Waals surface area contributed by atoms with E-state index in [-0.39, 0.29) is 43.0 Å². The number of Topliss-reactive ketones (excluding diaryl/α,β-unsaturated/α-hetero) is 1. The zero-order valence-corrected chi connectivity index (χ0v) is 27.8. The van der Waals surface area contributed by atoms with Crippen LogP contribution in [0.25, 0.3) is 0 Å². The summed E-state index contributed by atoms with van der Waals surface area (Å²) in [7, 11) is 3.87. The Hall–Kier alpha value is -1.40. The molecule has 10 nitrogen and oxygen atoms in total. The van der Waals surface area contributed by atoms with Crippen molar-refractivity contribution in [3.8, 4) is 0 Å². The van der Waals surface area contributed by atoms with E-state index in [4.69, 9.17) is 28.4 Å². The van der Waals surface area contributed by atoms with Crippen LogP contribution in [0.2, 0.25) is 0 Å². The maximum atomic E-state index is 13.8. The fraction of sp³-hybridized carbons (Fsp3) is 0.879. The molecule has 4 rings (SSSR count). The maximum Gasteiger partial charge on any atom is 0.311 e. The average molecular weight is 610 g/mol. The molecular weight excluding hydrogens is 554 g/mol. The van der Waals surface area contributed by atoms with E-state index in [1.165, 1.54) is 0 Å². The van der Waals surface area contributed by atoms with Gasteiger partial charge in [0.15, 0.2) is 17.7 Å². The van der Waals surface area contributed by atoms with Gasteiger partial charge in [-0.2, -0.15) is 0 Å². The van der Waals surface area contributed by atoms with Gasteiger partial charge in [-0.05, 0) is 72.5 Å². The van der Waals surface area contributed by atoms with Crippen molar-refractivity contribution in [2.75, 3.05) is 27.3 Å². The van der Waals surface area contributed by atoms with Crippen LogP contribution in [0.15, 0.2) is 12.2 Å².